The third-order valence-electron chi connectivity index (χ3n) is 3.78. The van der Waals surface area contributed by atoms with Crippen molar-refractivity contribution in [2.24, 2.45) is 0 Å². The predicted molar refractivity (Wildman–Crippen MR) is 79.6 cm³/mol. The lowest BCUT2D eigenvalue weighted by Gasteiger charge is -2.25. The van der Waals surface area contributed by atoms with Gasteiger partial charge in [0, 0.05) is 31.5 Å². The van der Waals surface area contributed by atoms with E-state index in [1.165, 1.54) is 16.8 Å². The van der Waals surface area contributed by atoms with Crippen LogP contribution >= 0.6 is 0 Å². The molecule has 0 amide bonds. The molecule has 0 fully saturated rings. The number of nitrogens with one attached hydrogen (secondary N) is 1. The van der Waals surface area contributed by atoms with Gasteiger partial charge in [0.05, 0.1) is 0 Å². The minimum Gasteiger partial charge on any atom is -0.373 e. The minimum absolute atomic E-state index is 0.559. The molecule has 1 N–H and O–H groups in total. The summed E-state index contributed by atoms with van der Waals surface area (Å²) in [4.78, 5) is 6.74. The predicted octanol–water partition coefficient (Wildman–Crippen LogP) is 3.07. The van der Waals surface area contributed by atoms with Gasteiger partial charge in [0.1, 0.15) is 5.82 Å². The largest absolute Gasteiger partial charge is 0.373 e. The lowest BCUT2D eigenvalue weighted by atomic mass is 10.1. The highest BCUT2D eigenvalue weighted by Gasteiger charge is 2.25. The zero-order chi connectivity index (χ0) is 13.2. The van der Waals surface area contributed by atoms with E-state index in [-0.39, 0.29) is 0 Å². The number of aromatic nitrogens is 1. The van der Waals surface area contributed by atoms with E-state index in [2.05, 4.69) is 58.5 Å². The molecule has 0 bridgehead atoms. The summed E-state index contributed by atoms with van der Waals surface area (Å²) in [5, 5.41) is 3.09. The van der Waals surface area contributed by atoms with E-state index in [0.717, 1.165) is 18.8 Å². The second kappa shape index (κ2) is 4.92. The van der Waals surface area contributed by atoms with Crippen molar-refractivity contribution in [2.75, 3.05) is 17.3 Å². The van der Waals surface area contributed by atoms with Crippen LogP contribution in [0.2, 0.25) is 0 Å². The van der Waals surface area contributed by atoms with Gasteiger partial charge in [0.15, 0.2) is 0 Å². The highest BCUT2D eigenvalue weighted by Crippen LogP contribution is 2.33. The number of rotatable bonds is 3. The van der Waals surface area contributed by atoms with Gasteiger partial charge in [0.25, 0.3) is 0 Å². The van der Waals surface area contributed by atoms with Gasteiger partial charge in [-0.05, 0) is 42.7 Å². The molecule has 19 heavy (non-hydrogen) atoms. The maximum atomic E-state index is 4.27. The van der Waals surface area contributed by atoms with Crippen molar-refractivity contribution < 1.29 is 0 Å². The highest BCUT2D eigenvalue weighted by atomic mass is 15.2. The van der Waals surface area contributed by atoms with Gasteiger partial charge in [0.2, 0.25) is 0 Å². The van der Waals surface area contributed by atoms with Crippen molar-refractivity contribution in [1.29, 1.82) is 0 Å². The maximum Gasteiger partial charge on any atom is 0.125 e. The number of hydrogen-bond donors (Lipinski definition) is 1. The third kappa shape index (κ3) is 2.28. The summed E-state index contributed by atoms with van der Waals surface area (Å²) in [5.74, 6) is 0.928. The standard InChI is InChI=1S/C16H19N3/c1-12-9-14-5-3-4-6-15(14)19(12)11-13-7-8-18-16(10-13)17-2/h3-8,10,12H,9,11H2,1-2H3,(H,17,18). The normalized spacial score (nSPS) is 17.4. The van der Waals surface area contributed by atoms with Gasteiger partial charge >= 0.3 is 0 Å². The molecule has 2 aromatic rings. The van der Waals surface area contributed by atoms with Crippen LogP contribution in [0.25, 0.3) is 0 Å². The molecule has 1 aliphatic heterocycles. The summed E-state index contributed by atoms with van der Waals surface area (Å²) in [6.07, 6.45) is 3.01. The van der Waals surface area contributed by atoms with Gasteiger partial charge in [-0.15, -0.1) is 0 Å². The number of anilines is 2. The summed E-state index contributed by atoms with van der Waals surface area (Å²) in [6.45, 7) is 3.23. The molecule has 1 aliphatic rings. The molecule has 0 saturated heterocycles. The van der Waals surface area contributed by atoms with Crippen molar-refractivity contribution in [3.05, 3.63) is 53.7 Å². The number of nitrogens with zero attached hydrogens (tertiary/aromatic N) is 2. The Morgan fingerprint density at radius 1 is 1.32 bits per heavy atom. The quantitative estimate of drug-likeness (QED) is 0.911. The van der Waals surface area contributed by atoms with E-state index in [0.29, 0.717) is 6.04 Å². The molecule has 3 heteroatoms. The summed E-state index contributed by atoms with van der Waals surface area (Å²) in [6, 6.07) is 13.5. The maximum absolute atomic E-state index is 4.27. The van der Waals surface area contributed by atoms with Crippen LogP contribution in [0.1, 0.15) is 18.1 Å². The molecule has 1 aromatic heterocycles. The molecule has 1 aromatic carbocycles. The molecule has 0 radical (unpaired) electrons. The van der Waals surface area contributed by atoms with Gasteiger partial charge in [-0.25, -0.2) is 4.98 Å². The zero-order valence-electron chi connectivity index (χ0n) is 11.4. The van der Waals surface area contributed by atoms with E-state index in [4.69, 9.17) is 0 Å². The Bertz CT molecular complexity index is 580. The Hall–Kier alpha value is -2.03. The highest BCUT2D eigenvalue weighted by molar-refractivity contribution is 5.59. The smallest absolute Gasteiger partial charge is 0.125 e. The average Bonchev–Trinajstić information content (AvgIpc) is 2.76. The van der Waals surface area contributed by atoms with Crippen LogP contribution in [0.5, 0.6) is 0 Å². The first-order valence-electron chi connectivity index (χ1n) is 6.75. The lowest BCUT2D eigenvalue weighted by Crippen LogP contribution is -2.28. The summed E-state index contributed by atoms with van der Waals surface area (Å²) < 4.78 is 0. The summed E-state index contributed by atoms with van der Waals surface area (Å²) in [7, 11) is 1.90. The molecule has 1 unspecified atom stereocenters. The fraction of sp³-hybridized carbons (Fsp3) is 0.312. The molecule has 0 saturated carbocycles. The Labute approximate surface area is 114 Å². The first kappa shape index (κ1) is 12.0. The second-order valence-electron chi connectivity index (χ2n) is 5.11. The summed E-state index contributed by atoms with van der Waals surface area (Å²) >= 11 is 0. The number of fused-ring (bicyclic) bond motifs is 1. The van der Waals surface area contributed by atoms with E-state index in [1.807, 2.05) is 13.2 Å². The molecule has 1 atom stereocenters. The molecular weight excluding hydrogens is 234 g/mol. The van der Waals surface area contributed by atoms with Gasteiger partial charge in [-0.2, -0.15) is 0 Å². The van der Waals surface area contributed by atoms with Crippen LogP contribution in [0, 0.1) is 0 Å². The number of benzene rings is 1. The minimum atomic E-state index is 0.559. The van der Waals surface area contributed by atoms with Gasteiger partial charge in [-0.3, -0.25) is 0 Å². The number of hydrogen-bond acceptors (Lipinski definition) is 3. The first-order valence-corrected chi connectivity index (χ1v) is 6.75. The van der Waals surface area contributed by atoms with E-state index in [1.54, 1.807) is 0 Å². The van der Waals surface area contributed by atoms with Crippen molar-refractivity contribution in [1.82, 2.24) is 4.98 Å². The molecule has 2 heterocycles. The molecule has 0 spiro atoms. The average molecular weight is 253 g/mol. The monoisotopic (exact) mass is 253 g/mol. The first-order chi connectivity index (χ1) is 9.28. The van der Waals surface area contributed by atoms with Crippen molar-refractivity contribution in [3.63, 3.8) is 0 Å². The van der Waals surface area contributed by atoms with Gasteiger partial charge in [-0.1, -0.05) is 18.2 Å². The summed E-state index contributed by atoms with van der Waals surface area (Å²) in [5.41, 5.74) is 4.12. The molecule has 3 rings (SSSR count). The lowest BCUT2D eigenvalue weighted by molar-refractivity contribution is 0.672. The fourth-order valence-corrected chi connectivity index (χ4v) is 2.78. The fourth-order valence-electron chi connectivity index (χ4n) is 2.78. The molecular formula is C16H19N3. The Balaban J connectivity index is 1.87. The van der Waals surface area contributed by atoms with Crippen LogP contribution in [0.3, 0.4) is 0 Å². The SMILES string of the molecule is CNc1cc(CN2c3ccccc3CC2C)ccn1. The molecule has 3 nitrogen and oxygen atoms in total. The van der Waals surface area contributed by atoms with Crippen molar-refractivity contribution in [3.8, 4) is 0 Å². The van der Waals surface area contributed by atoms with Crippen molar-refractivity contribution >= 4 is 11.5 Å². The van der Waals surface area contributed by atoms with E-state index in [9.17, 15) is 0 Å². The van der Waals surface area contributed by atoms with Crippen molar-refractivity contribution in [2.45, 2.75) is 25.9 Å². The second-order valence-corrected chi connectivity index (χ2v) is 5.11. The van der Waals surface area contributed by atoms with E-state index >= 15 is 0 Å². The zero-order valence-corrected chi connectivity index (χ0v) is 11.4. The van der Waals surface area contributed by atoms with E-state index < -0.39 is 0 Å². The third-order valence-corrected chi connectivity index (χ3v) is 3.78. The molecule has 0 aliphatic carbocycles. The van der Waals surface area contributed by atoms with Crippen LogP contribution in [-0.4, -0.2) is 18.1 Å². The van der Waals surface area contributed by atoms with Crippen LogP contribution < -0.4 is 10.2 Å². The van der Waals surface area contributed by atoms with Crippen LogP contribution in [0.4, 0.5) is 11.5 Å². The van der Waals surface area contributed by atoms with Gasteiger partial charge < -0.3 is 10.2 Å². The van der Waals surface area contributed by atoms with Crippen LogP contribution in [0.15, 0.2) is 42.6 Å². The Morgan fingerprint density at radius 2 is 2.16 bits per heavy atom. The number of pyridine rings is 1. The Morgan fingerprint density at radius 3 is 3.00 bits per heavy atom. The number of para-hydroxylation sites is 1. The molecule has 98 valence electrons. The Kier molecular flexibility index (Phi) is 3.11. The topological polar surface area (TPSA) is 28.2 Å². The van der Waals surface area contributed by atoms with Crippen LogP contribution in [-0.2, 0) is 13.0 Å².